The van der Waals surface area contributed by atoms with Gasteiger partial charge in [-0.2, -0.15) is 0 Å². The van der Waals surface area contributed by atoms with E-state index in [0.717, 1.165) is 5.56 Å². The summed E-state index contributed by atoms with van der Waals surface area (Å²) in [4.78, 5) is 12.1. The van der Waals surface area contributed by atoms with Crippen LogP contribution >= 0.6 is 0 Å². The molecule has 1 amide bonds. The van der Waals surface area contributed by atoms with Gasteiger partial charge in [-0.15, -0.1) is 0 Å². The maximum atomic E-state index is 13.0. The van der Waals surface area contributed by atoms with Crippen molar-refractivity contribution >= 4 is 15.9 Å². The molecule has 1 aliphatic heterocycles. The minimum atomic E-state index is -4.02. The Morgan fingerprint density at radius 3 is 2.46 bits per heavy atom. The van der Waals surface area contributed by atoms with Crippen LogP contribution in [0.3, 0.4) is 0 Å². The molecule has 0 saturated carbocycles. The lowest BCUT2D eigenvalue weighted by atomic mass is 9.98. The largest absolute Gasteiger partial charge is 0.486 e. The zero-order chi connectivity index (χ0) is 18.7. The van der Waals surface area contributed by atoms with Gasteiger partial charge < -0.3 is 9.47 Å². The number of benzene rings is 2. The molecule has 1 N–H and O–H groups in total. The number of fused-ring (bicyclic) bond motifs is 1. The molecule has 8 heteroatoms. The summed E-state index contributed by atoms with van der Waals surface area (Å²) in [5, 5.41) is 0. The number of sulfonamides is 1. The van der Waals surface area contributed by atoms with Crippen LogP contribution in [0, 0.1) is 5.82 Å². The minimum Gasteiger partial charge on any atom is -0.486 e. The van der Waals surface area contributed by atoms with E-state index in [0.29, 0.717) is 24.7 Å². The molecule has 0 spiro atoms. The number of hydrogen-bond donors (Lipinski definition) is 1. The summed E-state index contributed by atoms with van der Waals surface area (Å²) in [5.41, 5.74) is 0.748. The maximum absolute atomic E-state index is 13.0. The van der Waals surface area contributed by atoms with Crippen molar-refractivity contribution in [2.75, 3.05) is 13.2 Å². The molecule has 1 atom stereocenters. The quantitative estimate of drug-likeness (QED) is 0.864. The number of amides is 1. The Bertz CT molecular complexity index is 912. The van der Waals surface area contributed by atoms with Crippen LogP contribution in [0.1, 0.15) is 24.8 Å². The summed E-state index contributed by atoms with van der Waals surface area (Å²) in [6, 6.07) is 9.92. The van der Waals surface area contributed by atoms with Crippen molar-refractivity contribution in [2.24, 2.45) is 0 Å². The van der Waals surface area contributed by atoms with Gasteiger partial charge in [0, 0.05) is 12.5 Å². The smallest absolute Gasteiger partial charge is 0.264 e. The topological polar surface area (TPSA) is 81.7 Å². The van der Waals surface area contributed by atoms with E-state index in [1.165, 1.54) is 30.3 Å². The normalized spacial score (nSPS) is 14.5. The van der Waals surface area contributed by atoms with E-state index in [1.807, 2.05) is 0 Å². The van der Waals surface area contributed by atoms with Gasteiger partial charge in [-0.05, 0) is 35.7 Å². The highest BCUT2D eigenvalue weighted by Gasteiger charge is 2.22. The molecule has 0 fully saturated rings. The molecule has 0 saturated heterocycles. The van der Waals surface area contributed by atoms with Crippen LogP contribution in [0.4, 0.5) is 4.39 Å². The lowest BCUT2D eigenvalue weighted by Crippen LogP contribution is -2.31. The first-order valence-electron chi connectivity index (χ1n) is 8.06. The molecule has 2 aromatic rings. The Labute approximate surface area is 151 Å². The van der Waals surface area contributed by atoms with E-state index < -0.39 is 15.9 Å². The van der Waals surface area contributed by atoms with E-state index >= 15 is 0 Å². The highest BCUT2D eigenvalue weighted by Crippen LogP contribution is 2.32. The Morgan fingerprint density at radius 2 is 1.77 bits per heavy atom. The summed E-state index contributed by atoms with van der Waals surface area (Å²) in [7, 11) is -4.02. The van der Waals surface area contributed by atoms with Crippen LogP contribution < -0.4 is 14.2 Å². The zero-order valence-electron chi connectivity index (χ0n) is 14.1. The summed E-state index contributed by atoms with van der Waals surface area (Å²) in [6.07, 6.45) is -0.0462. The molecule has 0 bridgehead atoms. The van der Waals surface area contributed by atoms with E-state index in [1.54, 1.807) is 19.1 Å². The lowest BCUT2D eigenvalue weighted by molar-refractivity contribution is -0.119. The number of carbonyl (C=O) groups is 1. The fourth-order valence-electron chi connectivity index (χ4n) is 2.63. The second-order valence-corrected chi connectivity index (χ2v) is 7.67. The number of halogens is 1. The first-order chi connectivity index (χ1) is 12.3. The van der Waals surface area contributed by atoms with Crippen molar-refractivity contribution in [3.8, 4) is 11.5 Å². The molecule has 6 nitrogen and oxygen atoms in total. The maximum Gasteiger partial charge on any atom is 0.264 e. The number of hydrogen-bond acceptors (Lipinski definition) is 5. The first-order valence-corrected chi connectivity index (χ1v) is 9.54. The van der Waals surface area contributed by atoms with Gasteiger partial charge in [-0.1, -0.05) is 19.1 Å². The van der Waals surface area contributed by atoms with Gasteiger partial charge in [-0.25, -0.2) is 17.5 Å². The number of rotatable bonds is 5. The van der Waals surface area contributed by atoms with Crippen molar-refractivity contribution in [2.45, 2.75) is 24.2 Å². The SMILES string of the molecule is CC(CC(=O)NS(=O)(=O)c1ccc2c(c1)OCCO2)c1ccc(F)cc1. The van der Waals surface area contributed by atoms with Crippen LogP contribution in [0.5, 0.6) is 11.5 Å². The molecule has 1 aliphatic rings. The van der Waals surface area contributed by atoms with E-state index in [2.05, 4.69) is 4.72 Å². The monoisotopic (exact) mass is 379 g/mol. The second kappa shape index (κ2) is 7.33. The van der Waals surface area contributed by atoms with E-state index in [-0.39, 0.29) is 23.1 Å². The van der Waals surface area contributed by atoms with Gasteiger partial charge in [0.05, 0.1) is 4.90 Å². The van der Waals surface area contributed by atoms with Gasteiger partial charge in [0.15, 0.2) is 11.5 Å². The summed E-state index contributed by atoms with van der Waals surface area (Å²) < 4.78 is 50.6. The average molecular weight is 379 g/mol. The van der Waals surface area contributed by atoms with Crippen molar-refractivity contribution < 1.29 is 27.1 Å². The fourth-order valence-corrected chi connectivity index (χ4v) is 3.64. The summed E-state index contributed by atoms with van der Waals surface area (Å²) in [5.74, 6) is -0.480. The predicted molar refractivity (Wildman–Crippen MR) is 92.2 cm³/mol. The average Bonchev–Trinajstić information content (AvgIpc) is 2.61. The molecule has 1 heterocycles. The van der Waals surface area contributed by atoms with Crippen LogP contribution in [0.25, 0.3) is 0 Å². The Kier molecular flexibility index (Phi) is 5.13. The molecule has 26 heavy (non-hydrogen) atoms. The molecule has 1 unspecified atom stereocenters. The molecular weight excluding hydrogens is 361 g/mol. The molecular formula is C18H18FNO5S. The molecule has 138 valence electrons. The Hall–Kier alpha value is -2.61. The van der Waals surface area contributed by atoms with Crippen LogP contribution in [-0.4, -0.2) is 27.5 Å². The Morgan fingerprint density at radius 1 is 1.12 bits per heavy atom. The summed E-state index contributed by atoms with van der Waals surface area (Å²) >= 11 is 0. The number of carbonyl (C=O) groups excluding carboxylic acids is 1. The van der Waals surface area contributed by atoms with Crippen LogP contribution in [-0.2, 0) is 14.8 Å². The molecule has 3 rings (SSSR count). The predicted octanol–water partition coefficient (Wildman–Crippen LogP) is 2.60. The fraction of sp³-hybridized carbons (Fsp3) is 0.278. The molecule has 2 aromatic carbocycles. The highest BCUT2D eigenvalue weighted by molar-refractivity contribution is 7.90. The minimum absolute atomic E-state index is 0.0462. The van der Waals surface area contributed by atoms with E-state index in [9.17, 15) is 17.6 Å². The third-order valence-electron chi connectivity index (χ3n) is 4.00. The van der Waals surface area contributed by atoms with Crippen molar-refractivity contribution in [1.29, 1.82) is 0 Å². The van der Waals surface area contributed by atoms with Crippen LogP contribution in [0.2, 0.25) is 0 Å². The third kappa shape index (κ3) is 4.13. The van der Waals surface area contributed by atoms with Gasteiger partial charge in [-0.3, -0.25) is 4.79 Å². The molecule has 0 aromatic heterocycles. The molecule has 0 radical (unpaired) electrons. The van der Waals surface area contributed by atoms with Crippen LogP contribution in [0.15, 0.2) is 47.4 Å². The summed E-state index contributed by atoms with van der Waals surface area (Å²) in [6.45, 7) is 2.50. The first kappa shape index (κ1) is 18.2. The number of ether oxygens (including phenoxy) is 2. The van der Waals surface area contributed by atoms with Crippen molar-refractivity contribution in [3.63, 3.8) is 0 Å². The standard InChI is InChI=1S/C18H18FNO5S/c1-12(13-2-4-14(19)5-3-13)10-18(21)20-26(22,23)15-6-7-16-17(11-15)25-9-8-24-16/h2-7,11-12H,8-10H2,1H3,(H,20,21). The van der Waals surface area contributed by atoms with Gasteiger partial charge in [0.2, 0.25) is 5.91 Å². The lowest BCUT2D eigenvalue weighted by Gasteiger charge is -2.19. The molecule has 0 aliphatic carbocycles. The second-order valence-electron chi connectivity index (χ2n) is 5.99. The zero-order valence-corrected chi connectivity index (χ0v) is 14.9. The van der Waals surface area contributed by atoms with Crippen molar-refractivity contribution in [1.82, 2.24) is 4.72 Å². The number of nitrogens with one attached hydrogen (secondary N) is 1. The van der Waals surface area contributed by atoms with Gasteiger partial charge in [0.1, 0.15) is 19.0 Å². The van der Waals surface area contributed by atoms with Gasteiger partial charge in [0.25, 0.3) is 10.0 Å². The highest BCUT2D eigenvalue weighted by atomic mass is 32.2. The third-order valence-corrected chi connectivity index (χ3v) is 5.37. The van der Waals surface area contributed by atoms with Crippen molar-refractivity contribution in [3.05, 3.63) is 53.8 Å². The van der Waals surface area contributed by atoms with E-state index in [4.69, 9.17) is 9.47 Å². The van der Waals surface area contributed by atoms with Gasteiger partial charge >= 0.3 is 0 Å². The Balaban J connectivity index is 1.68.